The SMILES string of the molecule is COc1cc(N2CCN(CC3CC3)CC2)ccc1Nc1ncc(C(F)(F)F)c(N[C@@H]2Cc3ccccc3[C@H]2N(C)S(C)(=O)=O)n1. The molecule has 14 heteroatoms. The predicted molar refractivity (Wildman–Crippen MR) is 168 cm³/mol. The van der Waals surface area contributed by atoms with Gasteiger partial charge in [-0.1, -0.05) is 24.3 Å². The van der Waals surface area contributed by atoms with Gasteiger partial charge in [0.1, 0.15) is 17.1 Å². The normalized spacial score (nSPS) is 20.7. The monoisotopic (exact) mass is 645 g/mol. The molecule has 3 aliphatic rings. The molecule has 0 bridgehead atoms. The number of hydrogen-bond donors (Lipinski definition) is 2. The molecular weight excluding hydrogens is 607 g/mol. The second-order valence-corrected chi connectivity index (χ2v) is 14.1. The van der Waals surface area contributed by atoms with Gasteiger partial charge in [0.05, 0.1) is 31.1 Å². The lowest BCUT2D eigenvalue weighted by Gasteiger charge is -2.36. The highest BCUT2D eigenvalue weighted by Crippen LogP contribution is 2.41. The van der Waals surface area contributed by atoms with E-state index >= 15 is 0 Å². The Hall–Kier alpha value is -3.62. The van der Waals surface area contributed by atoms with E-state index in [1.54, 1.807) is 12.1 Å². The van der Waals surface area contributed by atoms with Gasteiger partial charge in [-0.3, -0.25) is 4.90 Å². The Bertz CT molecular complexity index is 1640. The van der Waals surface area contributed by atoms with Crippen molar-refractivity contribution in [2.75, 3.05) is 68.7 Å². The molecule has 242 valence electrons. The van der Waals surface area contributed by atoms with E-state index in [0.29, 0.717) is 17.9 Å². The second kappa shape index (κ2) is 12.3. The molecule has 0 spiro atoms. The summed E-state index contributed by atoms with van der Waals surface area (Å²) < 4.78 is 74.3. The largest absolute Gasteiger partial charge is 0.494 e. The van der Waals surface area contributed by atoms with Gasteiger partial charge in [-0.05, 0) is 48.4 Å². The minimum absolute atomic E-state index is 0.0613. The van der Waals surface area contributed by atoms with E-state index in [9.17, 15) is 21.6 Å². The maximum atomic E-state index is 14.1. The molecule has 6 rings (SSSR count). The zero-order chi connectivity index (χ0) is 31.9. The first-order valence-corrected chi connectivity index (χ1v) is 16.9. The van der Waals surface area contributed by atoms with Crippen LogP contribution in [0.3, 0.4) is 0 Å². The summed E-state index contributed by atoms with van der Waals surface area (Å²) in [5, 5.41) is 5.95. The molecule has 2 N–H and O–H groups in total. The van der Waals surface area contributed by atoms with Crippen molar-refractivity contribution in [3.05, 3.63) is 65.4 Å². The summed E-state index contributed by atoms with van der Waals surface area (Å²) in [6.07, 6.45) is 0.0506. The van der Waals surface area contributed by atoms with Gasteiger partial charge < -0.3 is 20.3 Å². The fourth-order valence-corrected chi connectivity index (χ4v) is 6.92. The van der Waals surface area contributed by atoms with Crippen LogP contribution in [0.1, 0.15) is 35.6 Å². The van der Waals surface area contributed by atoms with Gasteiger partial charge in [-0.15, -0.1) is 0 Å². The van der Waals surface area contributed by atoms with Crippen molar-refractivity contribution < 1.29 is 26.3 Å². The summed E-state index contributed by atoms with van der Waals surface area (Å²) in [7, 11) is -0.695. The molecule has 1 aliphatic heterocycles. The van der Waals surface area contributed by atoms with Crippen LogP contribution in [0.15, 0.2) is 48.7 Å². The van der Waals surface area contributed by atoms with Gasteiger partial charge in [0.2, 0.25) is 16.0 Å². The highest BCUT2D eigenvalue weighted by molar-refractivity contribution is 7.88. The number of anilines is 4. The second-order valence-electron chi connectivity index (χ2n) is 12.1. The number of fused-ring (bicyclic) bond motifs is 1. The van der Waals surface area contributed by atoms with Crippen molar-refractivity contribution in [1.82, 2.24) is 19.2 Å². The standard InChI is InChI=1S/C31H38F3N7O3S/c1-39(45(3,42)43)28-23-7-5-4-6-21(23)16-26(28)36-29-24(31(32,33)34)18-35-30(38-29)37-25-11-10-22(17-27(25)44-2)41-14-12-40(13-15-41)19-20-8-9-20/h4-7,10-11,17-18,20,26,28H,8-9,12-16,19H2,1-3H3,(H2,35,36,37,38)/t26-,28-/m1/s1. The molecule has 2 fully saturated rings. The Morgan fingerprint density at radius 2 is 1.82 bits per heavy atom. The van der Waals surface area contributed by atoms with E-state index in [0.717, 1.165) is 61.4 Å². The number of alkyl halides is 3. The van der Waals surface area contributed by atoms with Crippen LogP contribution in [0, 0.1) is 5.92 Å². The van der Waals surface area contributed by atoms with E-state index < -0.39 is 39.7 Å². The molecule has 2 aromatic carbocycles. The van der Waals surface area contributed by atoms with Crippen molar-refractivity contribution >= 4 is 33.2 Å². The quantitative estimate of drug-likeness (QED) is 0.324. The average Bonchev–Trinajstić information content (AvgIpc) is 3.74. The topological polar surface area (TPSA) is 103 Å². The third-order valence-electron chi connectivity index (χ3n) is 8.91. The molecule has 0 amide bonds. The fraction of sp³-hybridized carbons (Fsp3) is 0.484. The van der Waals surface area contributed by atoms with Gasteiger partial charge in [-0.25, -0.2) is 13.4 Å². The number of hydrogen-bond acceptors (Lipinski definition) is 9. The lowest BCUT2D eigenvalue weighted by atomic mass is 10.1. The van der Waals surface area contributed by atoms with Crippen molar-refractivity contribution in [1.29, 1.82) is 0 Å². The molecule has 0 unspecified atom stereocenters. The maximum Gasteiger partial charge on any atom is 0.421 e. The third kappa shape index (κ3) is 6.97. The molecule has 1 aromatic heterocycles. The molecule has 10 nitrogen and oxygen atoms in total. The van der Waals surface area contributed by atoms with Crippen LogP contribution in [-0.2, 0) is 22.6 Å². The zero-order valence-corrected chi connectivity index (χ0v) is 26.3. The third-order valence-corrected chi connectivity index (χ3v) is 10.2. The summed E-state index contributed by atoms with van der Waals surface area (Å²) in [4.78, 5) is 13.0. The van der Waals surface area contributed by atoms with Crippen molar-refractivity contribution in [3.8, 4) is 5.75 Å². The average molecular weight is 646 g/mol. The number of piperazine rings is 1. The van der Waals surface area contributed by atoms with Crippen molar-refractivity contribution in [3.63, 3.8) is 0 Å². The Balaban J connectivity index is 1.24. The minimum atomic E-state index is -4.74. The predicted octanol–water partition coefficient (Wildman–Crippen LogP) is 4.75. The first-order valence-electron chi connectivity index (χ1n) is 15.0. The molecule has 45 heavy (non-hydrogen) atoms. The fourth-order valence-electron chi connectivity index (χ4n) is 6.25. The maximum absolute atomic E-state index is 14.1. The van der Waals surface area contributed by atoms with E-state index in [4.69, 9.17) is 4.74 Å². The number of likely N-dealkylation sites (N-methyl/N-ethyl adjacent to an activating group) is 1. The number of nitrogens with zero attached hydrogens (tertiary/aromatic N) is 5. The van der Waals surface area contributed by atoms with Crippen LogP contribution in [0.25, 0.3) is 0 Å². The number of rotatable bonds is 10. The molecule has 0 radical (unpaired) electrons. The van der Waals surface area contributed by atoms with Gasteiger partial charge in [0.25, 0.3) is 0 Å². The summed E-state index contributed by atoms with van der Waals surface area (Å²) >= 11 is 0. The minimum Gasteiger partial charge on any atom is -0.494 e. The van der Waals surface area contributed by atoms with Gasteiger partial charge >= 0.3 is 6.18 Å². The van der Waals surface area contributed by atoms with E-state index in [-0.39, 0.29) is 5.95 Å². The number of methoxy groups -OCH3 is 1. The summed E-state index contributed by atoms with van der Waals surface area (Å²) in [6.45, 7) is 4.98. The Morgan fingerprint density at radius 3 is 2.49 bits per heavy atom. The molecule has 3 aromatic rings. The number of nitrogens with one attached hydrogen (secondary N) is 2. The van der Waals surface area contributed by atoms with Crippen LogP contribution in [-0.4, -0.2) is 86.8 Å². The van der Waals surface area contributed by atoms with Crippen LogP contribution in [0.5, 0.6) is 5.75 Å². The smallest absolute Gasteiger partial charge is 0.421 e. The van der Waals surface area contributed by atoms with Crippen molar-refractivity contribution in [2.45, 2.75) is 37.5 Å². The summed E-state index contributed by atoms with van der Waals surface area (Å²) in [5.41, 5.74) is 2.04. The molecule has 1 saturated carbocycles. The Kier molecular flexibility index (Phi) is 8.57. The number of halogens is 3. The highest BCUT2D eigenvalue weighted by atomic mass is 32.2. The first kappa shape index (κ1) is 31.4. The lowest BCUT2D eigenvalue weighted by Crippen LogP contribution is -2.47. The number of benzene rings is 2. The number of aromatic nitrogens is 2. The van der Waals surface area contributed by atoms with Crippen LogP contribution >= 0.6 is 0 Å². The van der Waals surface area contributed by atoms with Crippen LogP contribution in [0.4, 0.5) is 36.3 Å². The first-order chi connectivity index (χ1) is 21.4. The van der Waals surface area contributed by atoms with Crippen molar-refractivity contribution in [2.24, 2.45) is 5.92 Å². The Morgan fingerprint density at radius 1 is 1.09 bits per heavy atom. The van der Waals surface area contributed by atoms with E-state index in [1.807, 2.05) is 30.3 Å². The zero-order valence-electron chi connectivity index (χ0n) is 25.5. The molecular formula is C31H38F3N7O3S. The summed E-state index contributed by atoms with van der Waals surface area (Å²) in [6, 6.07) is 11.5. The van der Waals surface area contributed by atoms with E-state index in [1.165, 1.54) is 37.8 Å². The lowest BCUT2D eigenvalue weighted by molar-refractivity contribution is -0.137. The van der Waals surface area contributed by atoms with Gasteiger partial charge in [0.15, 0.2) is 0 Å². The molecule has 2 atom stereocenters. The Labute approximate surface area is 261 Å². The van der Waals surface area contributed by atoms with E-state index in [2.05, 4.69) is 30.4 Å². The number of ether oxygens (including phenoxy) is 1. The van der Waals surface area contributed by atoms with Crippen LogP contribution < -0.4 is 20.3 Å². The molecule has 2 aliphatic carbocycles. The summed E-state index contributed by atoms with van der Waals surface area (Å²) in [5.74, 6) is 0.861. The van der Waals surface area contributed by atoms with Crippen LogP contribution in [0.2, 0.25) is 0 Å². The highest BCUT2D eigenvalue weighted by Gasteiger charge is 2.41. The number of sulfonamides is 1. The molecule has 2 heterocycles. The molecule has 1 saturated heterocycles. The van der Waals surface area contributed by atoms with Gasteiger partial charge in [-0.2, -0.15) is 22.5 Å². The van der Waals surface area contributed by atoms with Gasteiger partial charge in [0, 0.05) is 57.7 Å².